The third-order valence-corrected chi connectivity index (χ3v) is 1.42. The first kappa shape index (κ1) is 13.7. The third-order valence-electron chi connectivity index (χ3n) is 1.42. The molecular formula is C8H16MoO2. The molecule has 0 aliphatic carbocycles. The Morgan fingerprint density at radius 2 is 1.91 bits per heavy atom. The molecule has 11 heavy (non-hydrogen) atoms. The molecule has 66 valence electrons. The van der Waals surface area contributed by atoms with Crippen molar-refractivity contribution in [1.82, 2.24) is 0 Å². The van der Waals surface area contributed by atoms with Gasteiger partial charge >= 0.3 is 5.97 Å². The van der Waals surface area contributed by atoms with E-state index in [-0.39, 0.29) is 21.1 Å². The molecular weight excluding hydrogens is 224 g/mol. The first-order valence-electron chi connectivity index (χ1n) is 3.84. The number of carbonyl (C=O) groups is 1. The average molecular weight is 240 g/mol. The first-order chi connectivity index (χ1) is 4.63. The van der Waals surface area contributed by atoms with Crippen LogP contribution in [-0.4, -0.2) is 11.1 Å². The minimum atomic E-state index is -0.677. The zero-order valence-corrected chi connectivity index (χ0v) is 9.18. The van der Waals surface area contributed by atoms with Crippen LogP contribution in [0.5, 0.6) is 0 Å². The summed E-state index contributed by atoms with van der Waals surface area (Å²) in [5.41, 5.74) is 0. The maximum absolute atomic E-state index is 10.0. The van der Waals surface area contributed by atoms with E-state index in [1.54, 1.807) is 0 Å². The minimum absolute atomic E-state index is 0. The van der Waals surface area contributed by atoms with Crippen molar-refractivity contribution in [3.8, 4) is 0 Å². The van der Waals surface area contributed by atoms with Gasteiger partial charge in [-0.1, -0.05) is 26.7 Å². The van der Waals surface area contributed by atoms with Crippen molar-refractivity contribution in [2.24, 2.45) is 5.92 Å². The molecule has 1 N–H and O–H groups in total. The Morgan fingerprint density at radius 1 is 1.36 bits per heavy atom. The Bertz CT molecular complexity index is 102. The fourth-order valence-electron chi connectivity index (χ4n) is 0.829. The number of aliphatic carboxylic acids is 1. The van der Waals surface area contributed by atoms with Crippen molar-refractivity contribution in [1.29, 1.82) is 0 Å². The van der Waals surface area contributed by atoms with Crippen LogP contribution >= 0.6 is 0 Å². The summed E-state index contributed by atoms with van der Waals surface area (Å²) in [5.74, 6) is 0.0255. The maximum atomic E-state index is 10.0. The van der Waals surface area contributed by atoms with Crippen molar-refractivity contribution in [2.75, 3.05) is 0 Å². The monoisotopic (exact) mass is 242 g/mol. The van der Waals surface area contributed by atoms with Gasteiger partial charge in [-0.15, -0.1) is 0 Å². The summed E-state index contributed by atoms with van der Waals surface area (Å²) < 4.78 is 0. The first-order valence-corrected chi connectivity index (χ1v) is 3.84. The predicted octanol–water partition coefficient (Wildman–Crippen LogP) is 2.28. The molecule has 0 saturated heterocycles. The number of carboxylic acid groups (broad SMARTS) is 1. The SMILES string of the molecule is CC(C)CCCCC(=O)O.[Mo]. The molecule has 0 atom stereocenters. The van der Waals surface area contributed by atoms with Gasteiger partial charge in [0.1, 0.15) is 0 Å². The van der Waals surface area contributed by atoms with E-state index >= 15 is 0 Å². The molecule has 0 amide bonds. The van der Waals surface area contributed by atoms with Crippen LogP contribution in [0.15, 0.2) is 0 Å². The van der Waals surface area contributed by atoms with Gasteiger partial charge in [0.25, 0.3) is 0 Å². The van der Waals surface area contributed by atoms with Gasteiger partial charge in [-0.3, -0.25) is 4.79 Å². The van der Waals surface area contributed by atoms with E-state index in [9.17, 15) is 4.79 Å². The number of hydrogen-bond acceptors (Lipinski definition) is 1. The van der Waals surface area contributed by atoms with Gasteiger partial charge in [-0.25, -0.2) is 0 Å². The van der Waals surface area contributed by atoms with Gasteiger partial charge in [0.15, 0.2) is 0 Å². The quantitative estimate of drug-likeness (QED) is 0.591. The zero-order chi connectivity index (χ0) is 7.98. The van der Waals surface area contributed by atoms with Crippen LogP contribution in [-0.2, 0) is 25.9 Å². The molecule has 0 radical (unpaired) electrons. The second-order valence-corrected chi connectivity index (χ2v) is 3.03. The van der Waals surface area contributed by atoms with E-state index in [2.05, 4.69) is 13.8 Å². The van der Waals surface area contributed by atoms with E-state index in [1.807, 2.05) is 0 Å². The molecule has 0 aliphatic rings. The van der Waals surface area contributed by atoms with E-state index in [0.717, 1.165) is 19.3 Å². The fraction of sp³-hybridized carbons (Fsp3) is 0.875. The molecule has 0 fully saturated rings. The Balaban J connectivity index is 0. The summed E-state index contributed by atoms with van der Waals surface area (Å²) in [7, 11) is 0. The second kappa shape index (κ2) is 8.26. The molecule has 0 unspecified atom stereocenters. The van der Waals surface area contributed by atoms with E-state index in [4.69, 9.17) is 5.11 Å². The van der Waals surface area contributed by atoms with Crippen LogP contribution in [0.2, 0.25) is 0 Å². The number of hydrogen-bond donors (Lipinski definition) is 1. The molecule has 0 bridgehead atoms. The third kappa shape index (κ3) is 13.2. The van der Waals surface area contributed by atoms with Crippen LogP contribution in [0.25, 0.3) is 0 Å². The largest absolute Gasteiger partial charge is 0.481 e. The van der Waals surface area contributed by atoms with E-state index < -0.39 is 5.97 Å². The molecule has 0 aromatic heterocycles. The molecule has 0 spiro atoms. The number of unbranched alkanes of at least 4 members (excludes halogenated alkanes) is 1. The molecule has 0 aromatic rings. The van der Waals surface area contributed by atoms with Crippen LogP contribution < -0.4 is 0 Å². The molecule has 0 aliphatic heterocycles. The van der Waals surface area contributed by atoms with Crippen LogP contribution in [0.1, 0.15) is 39.5 Å². The minimum Gasteiger partial charge on any atom is -0.481 e. The fourth-order valence-corrected chi connectivity index (χ4v) is 0.829. The van der Waals surface area contributed by atoms with E-state index in [1.165, 1.54) is 0 Å². The van der Waals surface area contributed by atoms with Gasteiger partial charge in [0, 0.05) is 27.5 Å². The average Bonchev–Trinajstić information content (AvgIpc) is 1.79. The number of carboxylic acids is 1. The predicted molar refractivity (Wildman–Crippen MR) is 40.9 cm³/mol. The van der Waals surface area contributed by atoms with Crippen LogP contribution in [0.4, 0.5) is 0 Å². The number of rotatable bonds is 5. The zero-order valence-electron chi connectivity index (χ0n) is 7.17. The Morgan fingerprint density at radius 3 is 2.27 bits per heavy atom. The Labute approximate surface area is 82.6 Å². The van der Waals surface area contributed by atoms with Crippen molar-refractivity contribution < 1.29 is 31.0 Å². The van der Waals surface area contributed by atoms with Gasteiger partial charge in [0.2, 0.25) is 0 Å². The smallest absolute Gasteiger partial charge is 0.303 e. The molecule has 0 aromatic carbocycles. The normalized spacial score (nSPS) is 9.36. The maximum Gasteiger partial charge on any atom is 0.303 e. The second-order valence-electron chi connectivity index (χ2n) is 3.03. The van der Waals surface area contributed by atoms with Crippen LogP contribution in [0.3, 0.4) is 0 Å². The van der Waals surface area contributed by atoms with Gasteiger partial charge in [-0.05, 0) is 12.3 Å². The van der Waals surface area contributed by atoms with E-state index in [0.29, 0.717) is 12.3 Å². The Hall–Kier alpha value is 0.158. The van der Waals surface area contributed by atoms with Crippen molar-refractivity contribution in [2.45, 2.75) is 39.5 Å². The van der Waals surface area contributed by atoms with Crippen molar-refractivity contribution in [3.63, 3.8) is 0 Å². The summed E-state index contributed by atoms with van der Waals surface area (Å²) in [6.07, 6.45) is 3.34. The van der Waals surface area contributed by atoms with Gasteiger partial charge in [-0.2, -0.15) is 0 Å². The summed E-state index contributed by atoms with van der Waals surface area (Å²) in [5, 5.41) is 8.28. The molecule has 0 saturated carbocycles. The van der Waals surface area contributed by atoms with Crippen molar-refractivity contribution >= 4 is 5.97 Å². The van der Waals surface area contributed by atoms with Crippen LogP contribution in [0, 0.1) is 5.92 Å². The molecule has 3 heteroatoms. The summed E-state index contributed by atoms with van der Waals surface area (Å²) in [6.45, 7) is 4.31. The standard InChI is InChI=1S/C8H16O2.Mo/c1-7(2)5-3-4-6-8(9)10;/h7H,3-6H2,1-2H3,(H,9,10);. The molecule has 0 heterocycles. The van der Waals surface area contributed by atoms with Gasteiger partial charge in [0.05, 0.1) is 0 Å². The molecule has 0 rings (SSSR count). The Kier molecular flexibility index (Phi) is 10.3. The molecule has 2 nitrogen and oxygen atoms in total. The topological polar surface area (TPSA) is 37.3 Å². The summed E-state index contributed by atoms with van der Waals surface area (Å²) in [4.78, 5) is 10.0. The summed E-state index contributed by atoms with van der Waals surface area (Å²) >= 11 is 0. The summed E-state index contributed by atoms with van der Waals surface area (Å²) in [6, 6.07) is 0. The van der Waals surface area contributed by atoms with Gasteiger partial charge < -0.3 is 5.11 Å². The van der Waals surface area contributed by atoms with Crippen molar-refractivity contribution in [3.05, 3.63) is 0 Å².